The normalized spacial score (nSPS) is 17.0. The second kappa shape index (κ2) is 15.4. The maximum absolute atomic E-state index is 13.6. The minimum Gasteiger partial charge on any atom is -0.463 e. The smallest absolute Gasteiger partial charge is 0.463 e. The number of carbonyl (C=O) groups excluding carboxylic acids is 3. The van der Waals surface area contributed by atoms with Gasteiger partial charge in [0, 0.05) is 17.9 Å². The number of pyridine rings is 2. The largest absolute Gasteiger partial charge is 0.516 e. The lowest BCUT2D eigenvalue weighted by Gasteiger charge is -2.26. The van der Waals surface area contributed by atoms with Crippen LogP contribution in [0.1, 0.15) is 62.8 Å². The van der Waals surface area contributed by atoms with Crippen LogP contribution in [0, 0.1) is 6.92 Å². The number of ether oxygens (including phenoxy) is 5. The number of aryl methyl sites for hydroxylation is 1. The molecule has 2 aromatic heterocycles. The average molecular weight is 686 g/mol. The maximum Gasteiger partial charge on any atom is 0.516 e. The highest BCUT2D eigenvalue weighted by atomic mass is 79.9. The molecule has 12 heteroatoms. The van der Waals surface area contributed by atoms with Crippen LogP contribution in [0.25, 0.3) is 22.3 Å². The van der Waals surface area contributed by atoms with Crippen LogP contribution in [0.2, 0.25) is 0 Å². The topological polar surface area (TPSA) is 132 Å². The van der Waals surface area contributed by atoms with E-state index in [1.54, 1.807) is 18.4 Å². The third-order valence-corrected chi connectivity index (χ3v) is 8.33. The Morgan fingerprint density at radius 3 is 2.62 bits per heavy atom. The third-order valence-electron chi connectivity index (χ3n) is 7.31. The summed E-state index contributed by atoms with van der Waals surface area (Å²) in [5.41, 5.74) is 4.34. The first-order valence-corrected chi connectivity index (χ1v) is 15.8. The lowest BCUT2D eigenvalue weighted by Crippen LogP contribution is -2.30. The fraction of sp³-hybridized carbons (Fsp3) is 0.424. The van der Waals surface area contributed by atoms with Crippen molar-refractivity contribution >= 4 is 44.9 Å². The zero-order chi connectivity index (χ0) is 32.7. The molecule has 0 saturated heterocycles. The van der Waals surface area contributed by atoms with Crippen LogP contribution >= 0.6 is 15.9 Å². The lowest BCUT2D eigenvalue weighted by molar-refractivity contribution is -0.173. The van der Waals surface area contributed by atoms with Gasteiger partial charge in [-0.1, -0.05) is 61.0 Å². The van der Waals surface area contributed by atoms with E-state index < -0.39 is 23.2 Å². The fourth-order valence-corrected chi connectivity index (χ4v) is 5.14. The predicted molar refractivity (Wildman–Crippen MR) is 170 cm³/mol. The number of rotatable bonds is 9. The van der Waals surface area contributed by atoms with Crippen LogP contribution in [0.15, 0.2) is 47.3 Å². The molecule has 1 aromatic carbocycles. The highest BCUT2D eigenvalue weighted by Gasteiger charge is 2.29. The van der Waals surface area contributed by atoms with Gasteiger partial charge >= 0.3 is 18.1 Å². The Kier molecular flexibility index (Phi) is 11.7. The number of benzene rings is 1. The Morgan fingerprint density at radius 1 is 1.13 bits per heavy atom. The predicted octanol–water partition coefficient (Wildman–Crippen LogP) is 5.86. The monoisotopic (exact) mass is 684 g/mol. The lowest BCUT2D eigenvalue weighted by atomic mass is 10.0. The van der Waals surface area contributed by atoms with Crippen molar-refractivity contribution in [1.82, 2.24) is 9.55 Å². The third kappa shape index (κ3) is 7.86. The quantitative estimate of drug-likeness (QED) is 0.0913. The molecule has 2 aliphatic heterocycles. The molecule has 11 nitrogen and oxygen atoms in total. The van der Waals surface area contributed by atoms with Crippen molar-refractivity contribution in [2.75, 3.05) is 6.61 Å². The standard InChI is InChI=1S/C31H31BrN2O9.C2H6/c1-4-24(32)30(37)43-31(38)41-15-22-17(2)12-26-28-21(13-34(26)29(22)36)23(20-9-5-6-10-25(20)33-28)16-40-27-11-7-8-19(42-27)14-39-18(3)35;1-2/h5-7,9-12,19,24,27H,4,8,13-16H2,1-3H3;1-2H3. The van der Waals surface area contributed by atoms with E-state index in [2.05, 4.69) is 15.9 Å². The molecule has 3 atom stereocenters. The summed E-state index contributed by atoms with van der Waals surface area (Å²) in [6, 6.07) is 9.52. The SMILES string of the molecule is CC.CCC(Br)C(=O)OC(=O)OCc1c(C)cc2n(c1=O)Cc1c-2nc2ccccc2c1COC1C=CCC(COC(C)=O)O1. The molecule has 0 aliphatic carbocycles. The maximum atomic E-state index is 13.6. The summed E-state index contributed by atoms with van der Waals surface area (Å²) in [5.74, 6) is -1.13. The molecule has 3 unspecified atom stereocenters. The van der Waals surface area contributed by atoms with Crippen molar-refractivity contribution in [3.05, 3.63) is 75.1 Å². The zero-order valence-electron chi connectivity index (χ0n) is 26.0. The number of para-hydroxylation sites is 1. The van der Waals surface area contributed by atoms with Crippen LogP contribution in [-0.4, -0.2) is 51.5 Å². The van der Waals surface area contributed by atoms with Gasteiger partial charge in [-0.05, 0) is 49.1 Å². The minimum absolute atomic E-state index is 0.139. The van der Waals surface area contributed by atoms with Crippen molar-refractivity contribution in [1.29, 1.82) is 0 Å². The number of halogens is 1. The summed E-state index contributed by atoms with van der Waals surface area (Å²) in [4.78, 5) is 53.1. The van der Waals surface area contributed by atoms with Gasteiger partial charge in [-0.15, -0.1) is 0 Å². The number of alkyl halides is 1. The van der Waals surface area contributed by atoms with Gasteiger partial charge < -0.3 is 28.3 Å². The minimum atomic E-state index is -1.17. The van der Waals surface area contributed by atoms with Gasteiger partial charge in [0.05, 0.1) is 41.7 Å². The van der Waals surface area contributed by atoms with Crippen molar-refractivity contribution < 1.29 is 38.1 Å². The molecule has 0 N–H and O–H groups in total. The van der Waals surface area contributed by atoms with Crippen LogP contribution in [0.5, 0.6) is 0 Å². The van der Waals surface area contributed by atoms with Gasteiger partial charge in [0.15, 0.2) is 6.29 Å². The molecule has 2 aliphatic rings. The molecule has 0 bridgehead atoms. The van der Waals surface area contributed by atoms with Gasteiger partial charge in [-0.25, -0.2) is 9.78 Å². The molecule has 5 rings (SSSR count). The van der Waals surface area contributed by atoms with Crippen molar-refractivity contribution in [2.45, 2.75) is 84.4 Å². The van der Waals surface area contributed by atoms with E-state index in [0.717, 1.165) is 22.0 Å². The van der Waals surface area contributed by atoms with Gasteiger partial charge in [0.1, 0.15) is 18.0 Å². The summed E-state index contributed by atoms with van der Waals surface area (Å²) < 4.78 is 28.6. The highest BCUT2D eigenvalue weighted by molar-refractivity contribution is 9.10. The number of nitrogens with zero attached hydrogens (tertiary/aromatic N) is 2. The molecule has 4 heterocycles. The van der Waals surface area contributed by atoms with E-state index in [9.17, 15) is 19.2 Å². The number of hydrogen-bond acceptors (Lipinski definition) is 10. The molecule has 0 spiro atoms. The van der Waals surface area contributed by atoms with Crippen LogP contribution in [0.3, 0.4) is 0 Å². The summed E-state index contributed by atoms with van der Waals surface area (Å²) in [5, 5.41) is 0.892. The summed E-state index contributed by atoms with van der Waals surface area (Å²) in [6.45, 7) is 9.09. The van der Waals surface area contributed by atoms with E-state index in [1.165, 1.54) is 6.92 Å². The van der Waals surface area contributed by atoms with Crippen molar-refractivity contribution in [2.24, 2.45) is 0 Å². The highest BCUT2D eigenvalue weighted by Crippen LogP contribution is 2.36. The number of hydrogen-bond donors (Lipinski definition) is 0. The Labute approximate surface area is 269 Å². The Bertz CT molecular complexity index is 1670. The van der Waals surface area contributed by atoms with Gasteiger partial charge in [-0.2, -0.15) is 0 Å². The number of carbonyl (C=O) groups is 3. The second-order valence-electron chi connectivity index (χ2n) is 10.3. The summed E-state index contributed by atoms with van der Waals surface area (Å²) in [7, 11) is 0. The average Bonchev–Trinajstić information content (AvgIpc) is 3.40. The first-order chi connectivity index (χ1) is 21.7. The van der Waals surface area contributed by atoms with E-state index in [0.29, 0.717) is 29.8 Å². The first kappa shape index (κ1) is 34.0. The molecule has 240 valence electrons. The van der Waals surface area contributed by atoms with E-state index in [-0.39, 0.29) is 49.6 Å². The van der Waals surface area contributed by atoms with Crippen LogP contribution in [-0.2, 0) is 53.0 Å². The molecule has 0 amide bonds. The van der Waals surface area contributed by atoms with Crippen LogP contribution < -0.4 is 5.56 Å². The van der Waals surface area contributed by atoms with Crippen molar-refractivity contribution in [3.63, 3.8) is 0 Å². The van der Waals surface area contributed by atoms with E-state index in [4.69, 9.17) is 28.7 Å². The van der Waals surface area contributed by atoms with Crippen molar-refractivity contribution in [3.8, 4) is 11.4 Å². The number of aromatic nitrogens is 2. The number of fused-ring (bicyclic) bond motifs is 4. The van der Waals surface area contributed by atoms with Gasteiger partial charge in [0.25, 0.3) is 5.56 Å². The molecule has 0 fully saturated rings. The van der Waals surface area contributed by atoms with Crippen LogP contribution in [0.4, 0.5) is 4.79 Å². The van der Waals surface area contributed by atoms with Gasteiger partial charge in [-0.3, -0.25) is 14.4 Å². The second-order valence-corrected chi connectivity index (χ2v) is 11.4. The van der Waals surface area contributed by atoms with E-state index >= 15 is 0 Å². The Balaban J connectivity index is 0.00000226. The molecular formula is C33H37BrN2O9. The number of esters is 2. The fourth-order valence-electron chi connectivity index (χ4n) is 5.05. The molecular weight excluding hydrogens is 648 g/mol. The Morgan fingerprint density at radius 2 is 1.89 bits per heavy atom. The molecule has 3 aromatic rings. The molecule has 45 heavy (non-hydrogen) atoms. The van der Waals surface area contributed by atoms with Gasteiger partial charge in [0.2, 0.25) is 0 Å². The first-order valence-electron chi connectivity index (χ1n) is 14.9. The molecule has 0 saturated carbocycles. The summed E-state index contributed by atoms with van der Waals surface area (Å²) >= 11 is 3.13. The summed E-state index contributed by atoms with van der Waals surface area (Å²) in [6.07, 6.45) is 2.68. The Hall–Kier alpha value is -3.87. The van der Waals surface area contributed by atoms with E-state index in [1.807, 2.05) is 56.3 Å². The zero-order valence-corrected chi connectivity index (χ0v) is 27.5. The molecule has 0 radical (unpaired) electrons.